The maximum atomic E-state index is 12.5. The summed E-state index contributed by atoms with van der Waals surface area (Å²) in [6.45, 7) is 2.06. The number of hydrogen-bond acceptors (Lipinski definition) is 5. The molecule has 144 valence electrons. The minimum absolute atomic E-state index is 0.0417. The van der Waals surface area contributed by atoms with Crippen molar-refractivity contribution in [2.24, 2.45) is 5.92 Å². The lowest BCUT2D eigenvalue weighted by atomic mass is 10.0. The highest BCUT2D eigenvalue weighted by atomic mass is 35.5. The molecule has 1 amide bonds. The molecule has 0 saturated heterocycles. The topological polar surface area (TPSA) is 68.0 Å². The van der Waals surface area contributed by atoms with Crippen molar-refractivity contribution >= 4 is 29.3 Å². The van der Waals surface area contributed by atoms with Gasteiger partial charge in [-0.25, -0.2) is 0 Å². The van der Waals surface area contributed by atoms with Crippen LogP contribution >= 0.6 is 23.4 Å². The van der Waals surface area contributed by atoms with Gasteiger partial charge >= 0.3 is 0 Å². The van der Waals surface area contributed by atoms with Crippen LogP contribution in [0.3, 0.4) is 0 Å². The highest BCUT2D eigenvalue weighted by Gasteiger charge is 2.33. The molecule has 1 fully saturated rings. The Bertz CT molecular complexity index is 970. The van der Waals surface area contributed by atoms with Gasteiger partial charge in [-0.05, 0) is 43.4 Å². The molecule has 5 nitrogen and oxygen atoms in total. The lowest BCUT2D eigenvalue weighted by molar-refractivity contribution is -0.119. The molecule has 1 aromatic heterocycles. The number of thioether (sulfide) groups is 1. The highest BCUT2D eigenvalue weighted by Crippen LogP contribution is 2.41. The SMILES string of the molecule is Cc1ccc(C(NC(=O)CSc2nnc(-c3ccccc3Cl)o2)C2CC2)cc1. The number of carbonyl (C=O) groups is 1. The van der Waals surface area contributed by atoms with Gasteiger partial charge in [0.05, 0.1) is 22.4 Å². The summed E-state index contributed by atoms with van der Waals surface area (Å²) in [6, 6.07) is 15.7. The number of aryl methyl sites for hydroxylation is 1. The summed E-state index contributed by atoms with van der Waals surface area (Å²) in [5, 5.41) is 12.1. The lowest BCUT2D eigenvalue weighted by Gasteiger charge is -2.18. The second kappa shape index (κ2) is 8.37. The van der Waals surface area contributed by atoms with Gasteiger partial charge in [0, 0.05) is 0 Å². The maximum Gasteiger partial charge on any atom is 0.277 e. The van der Waals surface area contributed by atoms with Gasteiger partial charge in [0.25, 0.3) is 5.22 Å². The van der Waals surface area contributed by atoms with Crippen LogP contribution in [-0.4, -0.2) is 21.9 Å². The maximum absolute atomic E-state index is 12.5. The molecule has 1 aliphatic carbocycles. The summed E-state index contributed by atoms with van der Waals surface area (Å²) in [5.74, 6) is 1.05. The van der Waals surface area contributed by atoms with Crippen molar-refractivity contribution in [3.63, 3.8) is 0 Å². The van der Waals surface area contributed by atoms with E-state index in [2.05, 4.69) is 46.7 Å². The summed E-state index contributed by atoms with van der Waals surface area (Å²) in [4.78, 5) is 12.5. The van der Waals surface area contributed by atoms with Crippen molar-refractivity contribution in [3.05, 3.63) is 64.7 Å². The van der Waals surface area contributed by atoms with E-state index < -0.39 is 0 Å². The Morgan fingerprint density at radius 3 is 2.68 bits per heavy atom. The molecule has 4 rings (SSSR count). The number of nitrogens with one attached hydrogen (secondary N) is 1. The summed E-state index contributed by atoms with van der Waals surface area (Å²) < 4.78 is 5.64. The quantitative estimate of drug-likeness (QED) is 0.548. The first-order valence-corrected chi connectivity index (χ1v) is 10.5. The number of amides is 1. The van der Waals surface area contributed by atoms with E-state index in [-0.39, 0.29) is 17.7 Å². The molecule has 2 aromatic carbocycles. The number of halogens is 1. The number of carbonyl (C=O) groups excluding carboxylic acids is 1. The van der Waals surface area contributed by atoms with E-state index in [4.69, 9.17) is 16.0 Å². The van der Waals surface area contributed by atoms with Crippen LogP contribution in [0.1, 0.15) is 30.0 Å². The fourth-order valence-corrected chi connectivity index (χ4v) is 3.82. The van der Waals surface area contributed by atoms with E-state index in [0.717, 1.165) is 18.4 Å². The molecule has 0 aliphatic heterocycles. The number of nitrogens with zero attached hydrogens (tertiary/aromatic N) is 2. The molecule has 3 aromatic rings. The number of benzene rings is 2. The Hall–Kier alpha value is -2.31. The van der Waals surface area contributed by atoms with Crippen LogP contribution in [0.2, 0.25) is 5.02 Å². The third-order valence-electron chi connectivity index (χ3n) is 4.68. The van der Waals surface area contributed by atoms with Crippen LogP contribution in [0.25, 0.3) is 11.5 Å². The Labute approximate surface area is 172 Å². The lowest BCUT2D eigenvalue weighted by Crippen LogP contribution is -2.31. The molecule has 1 unspecified atom stereocenters. The summed E-state index contributed by atoms with van der Waals surface area (Å²) in [7, 11) is 0. The van der Waals surface area contributed by atoms with Crippen LogP contribution in [0.4, 0.5) is 0 Å². The fraction of sp³-hybridized carbons (Fsp3) is 0.286. The first-order valence-electron chi connectivity index (χ1n) is 9.17. The van der Waals surface area contributed by atoms with Crippen LogP contribution in [0, 0.1) is 12.8 Å². The zero-order chi connectivity index (χ0) is 19.5. The van der Waals surface area contributed by atoms with Gasteiger partial charge in [0.1, 0.15) is 0 Å². The van der Waals surface area contributed by atoms with Gasteiger partial charge in [0.15, 0.2) is 0 Å². The number of rotatable bonds is 7. The van der Waals surface area contributed by atoms with Crippen molar-refractivity contribution in [3.8, 4) is 11.5 Å². The van der Waals surface area contributed by atoms with Crippen molar-refractivity contribution < 1.29 is 9.21 Å². The minimum atomic E-state index is -0.0417. The second-order valence-corrected chi connectivity index (χ2v) is 8.27. The molecule has 1 saturated carbocycles. The fourth-order valence-electron chi connectivity index (χ4n) is 3.03. The molecule has 0 spiro atoms. The first kappa shape index (κ1) is 19.0. The molecular formula is C21H20ClN3O2S. The average Bonchev–Trinajstić information content (AvgIpc) is 3.43. The predicted octanol–water partition coefficient (Wildman–Crippen LogP) is 5.06. The zero-order valence-electron chi connectivity index (χ0n) is 15.4. The highest BCUT2D eigenvalue weighted by molar-refractivity contribution is 7.99. The number of aromatic nitrogens is 2. The molecule has 1 heterocycles. The largest absolute Gasteiger partial charge is 0.411 e. The Morgan fingerprint density at radius 1 is 1.21 bits per heavy atom. The smallest absolute Gasteiger partial charge is 0.277 e. The number of hydrogen-bond donors (Lipinski definition) is 1. The molecule has 28 heavy (non-hydrogen) atoms. The summed E-state index contributed by atoms with van der Waals surface area (Å²) in [6.07, 6.45) is 2.30. The van der Waals surface area contributed by atoms with Crippen LogP contribution < -0.4 is 5.32 Å². The van der Waals surface area contributed by atoms with Gasteiger partial charge in [0.2, 0.25) is 11.8 Å². The van der Waals surface area contributed by atoms with Crippen molar-refractivity contribution in [2.45, 2.75) is 31.0 Å². The van der Waals surface area contributed by atoms with Gasteiger partial charge < -0.3 is 9.73 Å². The minimum Gasteiger partial charge on any atom is -0.411 e. The van der Waals surface area contributed by atoms with Crippen LogP contribution in [0.5, 0.6) is 0 Å². The molecule has 1 aliphatic rings. The average molecular weight is 414 g/mol. The van der Waals surface area contributed by atoms with E-state index in [1.807, 2.05) is 18.2 Å². The van der Waals surface area contributed by atoms with Crippen molar-refractivity contribution in [1.82, 2.24) is 15.5 Å². The second-order valence-electron chi connectivity index (χ2n) is 6.93. The first-order chi connectivity index (χ1) is 13.6. The van der Waals surface area contributed by atoms with Crippen molar-refractivity contribution in [2.75, 3.05) is 5.75 Å². The molecule has 0 radical (unpaired) electrons. The summed E-state index contributed by atoms with van der Waals surface area (Å²) in [5.41, 5.74) is 3.05. The van der Waals surface area contributed by atoms with Gasteiger partial charge in [-0.1, -0.05) is 65.3 Å². The predicted molar refractivity (Wildman–Crippen MR) is 110 cm³/mol. The third-order valence-corrected chi connectivity index (χ3v) is 5.83. The van der Waals surface area contributed by atoms with E-state index in [1.165, 1.54) is 17.3 Å². The Kier molecular flexibility index (Phi) is 5.69. The standard InChI is InChI=1S/C21H20ClN3O2S/c1-13-6-8-14(9-7-13)19(15-10-11-15)23-18(26)12-28-21-25-24-20(27-21)16-4-2-3-5-17(16)22/h2-9,15,19H,10-12H2,1H3,(H,23,26). The van der Waals surface area contributed by atoms with Gasteiger partial charge in [-0.2, -0.15) is 0 Å². The molecule has 1 N–H and O–H groups in total. The molecule has 1 atom stereocenters. The molecular weight excluding hydrogens is 394 g/mol. The zero-order valence-corrected chi connectivity index (χ0v) is 17.0. The van der Waals surface area contributed by atoms with E-state index >= 15 is 0 Å². The normalized spacial score (nSPS) is 14.6. The van der Waals surface area contributed by atoms with Gasteiger partial charge in [-0.15, -0.1) is 10.2 Å². The third kappa shape index (κ3) is 4.56. The Balaban J connectivity index is 1.36. The molecule has 7 heteroatoms. The Morgan fingerprint density at radius 2 is 1.96 bits per heavy atom. The van der Waals surface area contributed by atoms with Gasteiger partial charge in [-0.3, -0.25) is 4.79 Å². The van der Waals surface area contributed by atoms with E-state index in [9.17, 15) is 4.79 Å². The van der Waals surface area contributed by atoms with E-state index in [0.29, 0.717) is 27.6 Å². The van der Waals surface area contributed by atoms with Crippen LogP contribution in [0.15, 0.2) is 58.2 Å². The van der Waals surface area contributed by atoms with Crippen LogP contribution in [-0.2, 0) is 4.79 Å². The van der Waals surface area contributed by atoms with E-state index in [1.54, 1.807) is 6.07 Å². The monoisotopic (exact) mass is 413 g/mol. The van der Waals surface area contributed by atoms with Crippen molar-refractivity contribution in [1.29, 1.82) is 0 Å². The molecule has 0 bridgehead atoms. The summed E-state index contributed by atoms with van der Waals surface area (Å²) >= 11 is 7.38.